The molecule has 0 radical (unpaired) electrons. The molecule has 0 N–H and O–H groups in total. The molecule has 0 heterocycles. The van der Waals surface area contributed by atoms with Crippen LogP contribution >= 0.6 is 0 Å². The number of rotatable bonds is 4. The molecule has 0 amide bonds. The molecular weight excluding hydrogens is 639 g/mol. The standard InChI is InChI=1S/C52H49N/c1-49(2)23-24-50(3,4)46-30-40(20-22-45(46)49)53(38-17-15-34(16-18-38)36-14-13-33-9-5-6-10-35(33)27-36)39-19-21-44-42(29-39)41-11-7-8-12-43(41)52(44)47-26-32-25-37-28-48(52)51(37,47)31-32/h5-22,27,29-30,32,37,47-48H,23-26,28,31H2,1-4H3. The van der Waals surface area contributed by atoms with Crippen LogP contribution in [0.1, 0.15) is 88.5 Å². The molecule has 0 saturated heterocycles. The summed E-state index contributed by atoms with van der Waals surface area (Å²) in [5, 5.41) is 2.57. The molecule has 12 rings (SSSR count). The summed E-state index contributed by atoms with van der Waals surface area (Å²) in [5.41, 5.74) is 16.7. The molecule has 262 valence electrons. The Morgan fingerprint density at radius 2 is 1.13 bits per heavy atom. The van der Waals surface area contributed by atoms with E-state index in [1.54, 1.807) is 11.1 Å². The molecule has 53 heavy (non-hydrogen) atoms. The lowest BCUT2D eigenvalue weighted by Gasteiger charge is -2.76. The van der Waals surface area contributed by atoms with Crippen molar-refractivity contribution in [1.29, 1.82) is 0 Å². The first-order valence-corrected chi connectivity index (χ1v) is 20.5. The van der Waals surface area contributed by atoms with Gasteiger partial charge in [0.2, 0.25) is 0 Å². The topological polar surface area (TPSA) is 3.24 Å². The minimum Gasteiger partial charge on any atom is -0.310 e. The van der Waals surface area contributed by atoms with E-state index >= 15 is 0 Å². The number of nitrogens with zero attached hydrogens (tertiary/aromatic N) is 1. The van der Waals surface area contributed by atoms with E-state index in [4.69, 9.17) is 0 Å². The highest BCUT2D eigenvalue weighted by molar-refractivity contribution is 5.90. The number of benzene rings is 6. The highest BCUT2D eigenvalue weighted by Gasteiger charge is 2.84. The van der Waals surface area contributed by atoms with Gasteiger partial charge in [-0.25, -0.2) is 0 Å². The number of hydrogen-bond acceptors (Lipinski definition) is 1. The monoisotopic (exact) mass is 687 g/mol. The van der Waals surface area contributed by atoms with Gasteiger partial charge in [-0.3, -0.25) is 0 Å². The van der Waals surface area contributed by atoms with Crippen molar-refractivity contribution >= 4 is 27.8 Å². The van der Waals surface area contributed by atoms with E-state index in [1.807, 2.05) is 0 Å². The predicted molar refractivity (Wildman–Crippen MR) is 220 cm³/mol. The fourth-order valence-electron chi connectivity index (χ4n) is 13.8. The molecule has 6 aromatic rings. The van der Waals surface area contributed by atoms with Crippen LogP contribution in [0.5, 0.6) is 0 Å². The first-order valence-electron chi connectivity index (χ1n) is 20.5. The third-order valence-electron chi connectivity index (χ3n) is 16.2. The van der Waals surface area contributed by atoms with E-state index < -0.39 is 0 Å². The Kier molecular flexibility index (Phi) is 5.88. The van der Waals surface area contributed by atoms with Crippen LogP contribution in [0.15, 0.2) is 127 Å². The van der Waals surface area contributed by atoms with Gasteiger partial charge < -0.3 is 4.90 Å². The summed E-state index contributed by atoms with van der Waals surface area (Å²) in [6.45, 7) is 9.77. The van der Waals surface area contributed by atoms with Gasteiger partial charge in [0.25, 0.3) is 0 Å². The number of anilines is 3. The maximum absolute atomic E-state index is 2.58. The van der Waals surface area contributed by atoms with Crippen LogP contribution in [0.3, 0.4) is 0 Å². The van der Waals surface area contributed by atoms with E-state index in [1.165, 1.54) is 99.7 Å². The average molecular weight is 688 g/mol. The van der Waals surface area contributed by atoms with Crippen LogP contribution in [-0.2, 0) is 16.2 Å². The minimum atomic E-state index is 0.136. The number of hydrogen-bond donors (Lipinski definition) is 0. The third kappa shape index (κ3) is 3.79. The Bertz CT molecular complexity index is 2520. The normalized spacial score (nSPS) is 29.9. The van der Waals surface area contributed by atoms with Crippen molar-refractivity contribution < 1.29 is 0 Å². The second-order valence-electron chi connectivity index (χ2n) is 19.3. The molecule has 1 nitrogen and oxygen atoms in total. The van der Waals surface area contributed by atoms with Gasteiger partial charge in [-0.1, -0.05) is 113 Å². The Morgan fingerprint density at radius 3 is 1.94 bits per heavy atom. The molecule has 2 bridgehead atoms. The zero-order valence-corrected chi connectivity index (χ0v) is 31.6. The van der Waals surface area contributed by atoms with Crippen molar-refractivity contribution in [3.8, 4) is 22.3 Å². The lowest BCUT2D eigenvalue weighted by atomic mass is 9.27. The summed E-state index contributed by atoms with van der Waals surface area (Å²) in [6, 6.07) is 49.4. The lowest BCUT2D eigenvalue weighted by Crippen LogP contribution is -2.73. The zero-order chi connectivity index (χ0) is 35.5. The van der Waals surface area contributed by atoms with Gasteiger partial charge >= 0.3 is 0 Å². The Labute approximate surface area is 315 Å². The Hall–Kier alpha value is -4.62. The van der Waals surface area contributed by atoms with Gasteiger partial charge in [0.15, 0.2) is 0 Å². The molecule has 6 aromatic carbocycles. The van der Waals surface area contributed by atoms with E-state index in [0.29, 0.717) is 5.41 Å². The van der Waals surface area contributed by atoms with Crippen molar-refractivity contribution in [2.75, 3.05) is 4.90 Å². The molecule has 4 fully saturated rings. The van der Waals surface area contributed by atoms with Crippen LogP contribution in [0.2, 0.25) is 0 Å². The number of fused-ring (bicyclic) bond motifs is 10. The molecule has 6 atom stereocenters. The highest BCUT2D eigenvalue weighted by Crippen LogP contribution is 2.89. The summed E-state index contributed by atoms with van der Waals surface area (Å²) in [5.74, 6) is 3.63. The van der Waals surface area contributed by atoms with Crippen molar-refractivity contribution in [3.05, 3.63) is 150 Å². The SMILES string of the molecule is CC1(C)CCC(C)(C)c2cc(N(c3ccc(-c4ccc5ccccc5c4)cc3)c3ccc4c(c3)-c3ccccc3C43C4CC5CC6CC3C64C5)ccc21. The van der Waals surface area contributed by atoms with Crippen LogP contribution in [0, 0.1) is 29.1 Å². The van der Waals surface area contributed by atoms with Crippen molar-refractivity contribution in [1.82, 2.24) is 0 Å². The summed E-state index contributed by atoms with van der Waals surface area (Å²) >= 11 is 0. The quantitative estimate of drug-likeness (QED) is 0.178. The summed E-state index contributed by atoms with van der Waals surface area (Å²) < 4.78 is 0. The summed E-state index contributed by atoms with van der Waals surface area (Å²) in [6.07, 6.45) is 8.35. The first kappa shape index (κ1) is 30.8. The van der Waals surface area contributed by atoms with Crippen molar-refractivity contribution in [3.63, 3.8) is 0 Å². The predicted octanol–water partition coefficient (Wildman–Crippen LogP) is 13.7. The van der Waals surface area contributed by atoms with E-state index in [9.17, 15) is 0 Å². The maximum atomic E-state index is 2.58. The second-order valence-corrected chi connectivity index (χ2v) is 19.3. The third-order valence-corrected chi connectivity index (χ3v) is 16.2. The van der Waals surface area contributed by atoms with Crippen LogP contribution in [0.25, 0.3) is 33.0 Å². The van der Waals surface area contributed by atoms with Gasteiger partial charge in [-0.2, -0.15) is 0 Å². The average Bonchev–Trinajstić information content (AvgIpc) is 3.81. The largest absolute Gasteiger partial charge is 0.310 e. The van der Waals surface area contributed by atoms with Crippen molar-refractivity contribution in [2.45, 2.75) is 82.5 Å². The fraction of sp³-hybridized carbons (Fsp3) is 0.346. The minimum absolute atomic E-state index is 0.136. The van der Waals surface area contributed by atoms with E-state index in [2.05, 4.69) is 160 Å². The van der Waals surface area contributed by atoms with E-state index in [-0.39, 0.29) is 16.2 Å². The lowest BCUT2D eigenvalue weighted by molar-refractivity contribution is -0.231. The molecule has 6 aliphatic rings. The first-order chi connectivity index (χ1) is 25.7. The van der Waals surface area contributed by atoms with Gasteiger partial charge in [-0.05, 0) is 176 Å². The van der Waals surface area contributed by atoms with E-state index in [0.717, 1.165) is 23.7 Å². The van der Waals surface area contributed by atoms with Gasteiger partial charge in [0.1, 0.15) is 0 Å². The van der Waals surface area contributed by atoms with Gasteiger partial charge in [0.05, 0.1) is 0 Å². The van der Waals surface area contributed by atoms with Crippen molar-refractivity contribution in [2.24, 2.45) is 29.1 Å². The zero-order valence-electron chi connectivity index (χ0n) is 31.6. The molecule has 4 saturated carbocycles. The van der Waals surface area contributed by atoms with Gasteiger partial charge in [-0.15, -0.1) is 0 Å². The smallest absolute Gasteiger partial charge is 0.0468 e. The molecular formula is C52H49N. The van der Waals surface area contributed by atoms with Crippen LogP contribution in [0.4, 0.5) is 17.1 Å². The summed E-state index contributed by atoms with van der Waals surface area (Å²) in [4.78, 5) is 2.55. The fourth-order valence-corrected chi connectivity index (χ4v) is 13.8. The van der Waals surface area contributed by atoms with Crippen LogP contribution < -0.4 is 4.90 Å². The Morgan fingerprint density at radius 1 is 0.491 bits per heavy atom. The molecule has 6 aliphatic carbocycles. The Balaban J connectivity index is 1.01. The molecule has 1 heteroatoms. The molecule has 6 unspecified atom stereocenters. The molecule has 0 aliphatic heterocycles. The molecule has 2 spiro atoms. The van der Waals surface area contributed by atoms with Crippen LogP contribution in [-0.4, -0.2) is 0 Å². The summed E-state index contributed by atoms with van der Waals surface area (Å²) in [7, 11) is 0. The molecule has 0 aromatic heterocycles. The maximum Gasteiger partial charge on any atom is 0.0468 e. The van der Waals surface area contributed by atoms with Gasteiger partial charge in [0, 0.05) is 22.5 Å². The second kappa shape index (κ2) is 10.1. The highest BCUT2D eigenvalue weighted by atomic mass is 15.1.